The Labute approximate surface area is 129 Å². The number of halogens is 1. The van der Waals surface area contributed by atoms with Crippen molar-refractivity contribution >= 4 is 22.6 Å². The molecule has 1 nitrogen and oxygen atoms in total. The third-order valence-corrected chi connectivity index (χ3v) is 6.07. The summed E-state index contributed by atoms with van der Waals surface area (Å²) in [4.78, 5) is 0. The number of hydrogen-bond acceptors (Lipinski definition) is 1. The van der Waals surface area contributed by atoms with Crippen LogP contribution in [-0.2, 0) is 6.42 Å². The summed E-state index contributed by atoms with van der Waals surface area (Å²) in [6, 6.07) is 8.61. The van der Waals surface area contributed by atoms with E-state index in [-0.39, 0.29) is 0 Å². The first-order chi connectivity index (χ1) is 9.09. The molecule has 2 heteroatoms. The van der Waals surface area contributed by atoms with Crippen LogP contribution in [0.2, 0.25) is 0 Å². The Morgan fingerprint density at radius 1 is 0.895 bits per heavy atom. The molecule has 2 fully saturated rings. The third kappa shape index (κ3) is 3.15. The van der Waals surface area contributed by atoms with E-state index in [0.717, 1.165) is 19.3 Å². The standard InChI is InChI=1S/C17H23IO/c18-15-5-3-14(4-6-15)13-17(19)11-9-16(10-12-17)7-1-2-8-16/h3-6,19H,1-2,7-13H2. The summed E-state index contributed by atoms with van der Waals surface area (Å²) >= 11 is 2.33. The van der Waals surface area contributed by atoms with Gasteiger partial charge >= 0.3 is 0 Å². The zero-order valence-electron chi connectivity index (χ0n) is 11.5. The van der Waals surface area contributed by atoms with Crippen molar-refractivity contribution in [2.75, 3.05) is 0 Å². The molecule has 0 radical (unpaired) electrons. The Morgan fingerprint density at radius 2 is 1.47 bits per heavy atom. The minimum Gasteiger partial charge on any atom is -0.390 e. The predicted octanol–water partition coefficient (Wildman–Crippen LogP) is 4.70. The van der Waals surface area contributed by atoms with Crippen LogP contribution >= 0.6 is 22.6 Å². The van der Waals surface area contributed by atoms with Gasteiger partial charge in [-0.3, -0.25) is 0 Å². The maximum absolute atomic E-state index is 10.8. The van der Waals surface area contributed by atoms with Gasteiger partial charge in [-0.1, -0.05) is 25.0 Å². The first kappa shape index (κ1) is 13.9. The molecule has 0 unspecified atom stereocenters. The summed E-state index contributed by atoms with van der Waals surface area (Å²) in [6.45, 7) is 0. The van der Waals surface area contributed by atoms with Gasteiger partial charge in [0.05, 0.1) is 5.60 Å². The van der Waals surface area contributed by atoms with Crippen LogP contribution in [0.1, 0.15) is 56.9 Å². The number of hydrogen-bond donors (Lipinski definition) is 1. The van der Waals surface area contributed by atoms with Gasteiger partial charge in [-0.05, 0) is 84.2 Å². The molecule has 0 heterocycles. The number of rotatable bonds is 2. The van der Waals surface area contributed by atoms with Crippen LogP contribution in [0.25, 0.3) is 0 Å². The second-order valence-corrected chi connectivity index (χ2v) is 7.98. The SMILES string of the molecule is OC1(Cc2ccc(I)cc2)CCC2(CCCC2)CC1. The highest BCUT2D eigenvalue weighted by molar-refractivity contribution is 14.1. The molecule has 1 aromatic rings. The molecule has 0 bridgehead atoms. The van der Waals surface area contributed by atoms with Crippen molar-refractivity contribution in [2.24, 2.45) is 5.41 Å². The molecule has 1 N–H and O–H groups in total. The maximum atomic E-state index is 10.8. The van der Waals surface area contributed by atoms with Crippen molar-refractivity contribution in [1.82, 2.24) is 0 Å². The van der Waals surface area contributed by atoms with E-state index < -0.39 is 5.60 Å². The first-order valence-corrected chi connectivity index (χ1v) is 8.64. The normalized spacial score (nSPS) is 24.7. The monoisotopic (exact) mass is 370 g/mol. The maximum Gasteiger partial charge on any atom is 0.0688 e. The van der Waals surface area contributed by atoms with E-state index in [1.807, 2.05) is 0 Å². The van der Waals surface area contributed by atoms with Crippen LogP contribution in [0.3, 0.4) is 0 Å². The molecular formula is C17H23IO. The summed E-state index contributed by atoms with van der Waals surface area (Å²) < 4.78 is 1.27. The quantitative estimate of drug-likeness (QED) is 0.749. The minimum absolute atomic E-state index is 0.444. The summed E-state index contributed by atoms with van der Waals surface area (Å²) in [5.41, 5.74) is 1.45. The lowest BCUT2D eigenvalue weighted by molar-refractivity contribution is -0.0322. The van der Waals surface area contributed by atoms with E-state index in [9.17, 15) is 5.11 Å². The van der Waals surface area contributed by atoms with Gasteiger partial charge in [0.25, 0.3) is 0 Å². The smallest absolute Gasteiger partial charge is 0.0688 e. The Kier molecular flexibility index (Phi) is 3.91. The molecule has 1 aromatic carbocycles. The molecule has 0 aliphatic heterocycles. The Bertz CT molecular complexity index is 421. The average Bonchev–Trinajstić information content (AvgIpc) is 2.86. The van der Waals surface area contributed by atoms with Crippen molar-refractivity contribution < 1.29 is 5.11 Å². The highest BCUT2D eigenvalue weighted by Gasteiger charge is 2.42. The Balaban J connectivity index is 1.63. The first-order valence-electron chi connectivity index (χ1n) is 7.56. The largest absolute Gasteiger partial charge is 0.390 e. The lowest BCUT2D eigenvalue weighted by Gasteiger charge is -2.42. The van der Waals surface area contributed by atoms with Crippen LogP contribution in [0.5, 0.6) is 0 Å². The van der Waals surface area contributed by atoms with Crippen LogP contribution in [0.4, 0.5) is 0 Å². The van der Waals surface area contributed by atoms with Gasteiger partial charge in [0.2, 0.25) is 0 Å². The Hall–Kier alpha value is -0.0900. The van der Waals surface area contributed by atoms with Crippen molar-refractivity contribution in [3.8, 4) is 0 Å². The zero-order valence-corrected chi connectivity index (χ0v) is 13.7. The van der Waals surface area contributed by atoms with Gasteiger partial charge in [0.1, 0.15) is 0 Å². The fourth-order valence-electron chi connectivity index (χ4n) is 4.03. The van der Waals surface area contributed by atoms with Gasteiger partial charge in [-0.25, -0.2) is 0 Å². The van der Waals surface area contributed by atoms with E-state index in [1.54, 1.807) is 0 Å². The molecule has 2 aliphatic carbocycles. The third-order valence-electron chi connectivity index (χ3n) is 5.35. The molecule has 104 valence electrons. The molecule has 0 aromatic heterocycles. The highest BCUT2D eigenvalue weighted by atomic mass is 127. The molecule has 19 heavy (non-hydrogen) atoms. The molecule has 3 rings (SSSR count). The van der Waals surface area contributed by atoms with E-state index in [2.05, 4.69) is 46.9 Å². The number of aliphatic hydroxyl groups is 1. The second-order valence-electron chi connectivity index (χ2n) is 6.73. The van der Waals surface area contributed by atoms with Gasteiger partial charge < -0.3 is 5.11 Å². The molecule has 0 saturated heterocycles. The second kappa shape index (κ2) is 5.36. The topological polar surface area (TPSA) is 20.2 Å². The molecule has 0 atom stereocenters. The zero-order chi connectivity index (χ0) is 13.3. The van der Waals surface area contributed by atoms with E-state index in [0.29, 0.717) is 5.41 Å². The molecule has 2 saturated carbocycles. The highest BCUT2D eigenvalue weighted by Crippen LogP contribution is 2.51. The predicted molar refractivity (Wildman–Crippen MR) is 87.2 cm³/mol. The fourth-order valence-corrected chi connectivity index (χ4v) is 4.39. The van der Waals surface area contributed by atoms with Crippen LogP contribution in [0.15, 0.2) is 24.3 Å². The van der Waals surface area contributed by atoms with Crippen molar-refractivity contribution in [3.05, 3.63) is 33.4 Å². The summed E-state index contributed by atoms with van der Waals surface area (Å²) in [5, 5.41) is 10.8. The van der Waals surface area contributed by atoms with E-state index >= 15 is 0 Å². The average molecular weight is 370 g/mol. The summed E-state index contributed by atoms with van der Waals surface area (Å²) in [6.07, 6.45) is 11.0. The minimum atomic E-state index is -0.444. The van der Waals surface area contributed by atoms with E-state index in [4.69, 9.17) is 0 Å². The molecule has 0 amide bonds. The molecule has 1 spiro atoms. The van der Waals surface area contributed by atoms with Crippen LogP contribution in [0, 0.1) is 8.99 Å². The van der Waals surface area contributed by atoms with Gasteiger partial charge in [-0.2, -0.15) is 0 Å². The van der Waals surface area contributed by atoms with Crippen molar-refractivity contribution in [2.45, 2.75) is 63.4 Å². The fraction of sp³-hybridized carbons (Fsp3) is 0.647. The lowest BCUT2D eigenvalue weighted by Crippen LogP contribution is -2.39. The van der Waals surface area contributed by atoms with Crippen molar-refractivity contribution in [1.29, 1.82) is 0 Å². The van der Waals surface area contributed by atoms with Crippen molar-refractivity contribution in [3.63, 3.8) is 0 Å². The van der Waals surface area contributed by atoms with Gasteiger partial charge in [-0.15, -0.1) is 0 Å². The molecular weight excluding hydrogens is 347 g/mol. The van der Waals surface area contributed by atoms with Crippen LogP contribution < -0.4 is 0 Å². The van der Waals surface area contributed by atoms with Gasteiger partial charge in [0, 0.05) is 9.99 Å². The number of benzene rings is 1. The summed E-state index contributed by atoms with van der Waals surface area (Å²) in [7, 11) is 0. The lowest BCUT2D eigenvalue weighted by atomic mass is 9.66. The van der Waals surface area contributed by atoms with Gasteiger partial charge in [0.15, 0.2) is 0 Å². The summed E-state index contributed by atoms with van der Waals surface area (Å²) in [5.74, 6) is 0. The molecule has 2 aliphatic rings. The van der Waals surface area contributed by atoms with Crippen LogP contribution in [-0.4, -0.2) is 10.7 Å². The van der Waals surface area contributed by atoms with E-state index in [1.165, 1.54) is 47.7 Å². The Morgan fingerprint density at radius 3 is 2.05 bits per heavy atom.